The highest BCUT2D eigenvalue weighted by molar-refractivity contribution is 8.04. The lowest BCUT2D eigenvalue weighted by molar-refractivity contribution is -0.142. The molecule has 0 spiro atoms. The summed E-state index contributed by atoms with van der Waals surface area (Å²) in [6.07, 6.45) is 2.67. The topological polar surface area (TPSA) is 243 Å². The molecule has 19 nitrogen and oxygen atoms in total. The number of primary amides is 1. The number of amidine groups is 1. The number of allylic oxidation sites excluding steroid dienone is 1. The molecule has 6 rings (SSSR count). The van der Waals surface area contributed by atoms with Crippen molar-refractivity contribution in [2.24, 2.45) is 15.7 Å². The van der Waals surface area contributed by atoms with Gasteiger partial charge in [-0.3, -0.25) is 58.2 Å². The van der Waals surface area contributed by atoms with E-state index in [0.717, 1.165) is 42.9 Å². The molecule has 0 atom stereocenters. The number of rotatable bonds is 2. The summed E-state index contributed by atoms with van der Waals surface area (Å²) in [6, 6.07) is 7.10. The van der Waals surface area contributed by atoms with Gasteiger partial charge in [-0.15, -0.1) is 11.8 Å². The molecule has 0 bridgehead atoms. The molecule has 0 aliphatic carbocycles. The van der Waals surface area contributed by atoms with Gasteiger partial charge in [0.25, 0.3) is 11.8 Å². The number of imide groups is 3. The number of carbonyl (C=O) groups is 8. The van der Waals surface area contributed by atoms with Crippen LogP contribution in [0.2, 0.25) is 0 Å². The van der Waals surface area contributed by atoms with E-state index in [2.05, 4.69) is 57.2 Å². The van der Waals surface area contributed by atoms with Crippen molar-refractivity contribution in [2.45, 2.75) is 93.9 Å². The van der Waals surface area contributed by atoms with Crippen molar-refractivity contribution in [3.05, 3.63) is 63.4 Å². The first-order valence-corrected chi connectivity index (χ1v) is 20.5. The number of para-hydroxylation sites is 2. The Morgan fingerprint density at radius 1 is 0.823 bits per heavy atom. The second-order valence-electron chi connectivity index (χ2n) is 13.7. The number of amides is 9. The Bertz CT molecular complexity index is 2070. The first kappa shape index (κ1) is 55.5. The molecule has 9 amide bonds. The molecule has 0 unspecified atom stereocenters. The number of nitrogens with one attached hydrogen (secondary N) is 1. The summed E-state index contributed by atoms with van der Waals surface area (Å²) in [5.41, 5.74) is 10.2. The molecule has 1 fully saturated rings. The van der Waals surface area contributed by atoms with Crippen LogP contribution < -0.4 is 5.73 Å². The number of hydrogen-bond acceptors (Lipinski definition) is 12. The molecule has 62 heavy (non-hydrogen) atoms. The van der Waals surface area contributed by atoms with E-state index in [4.69, 9.17) is 12.3 Å². The first-order chi connectivity index (χ1) is 29.0. The van der Waals surface area contributed by atoms with Crippen LogP contribution >= 0.6 is 11.8 Å². The van der Waals surface area contributed by atoms with Crippen LogP contribution in [0.25, 0.3) is 15.9 Å². The summed E-state index contributed by atoms with van der Waals surface area (Å²) in [5, 5.41) is 0.896. The Hall–Kier alpha value is -6.49. The van der Waals surface area contributed by atoms with Crippen LogP contribution in [0.4, 0.5) is 4.79 Å². The third-order valence-corrected chi connectivity index (χ3v) is 9.24. The van der Waals surface area contributed by atoms with Crippen LogP contribution in [-0.4, -0.2) is 130 Å². The number of benzene rings is 1. The summed E-state index contributed by atoms with van der Waals surface area (Å²) in [6.45, 7) is 22.6. The van der Waals surface area contributed by atoms with Gasteiger partial charge in [0.1, 0.15) is 18.7 Å². The Morgan fingerprint density at radius 2 is 1.34 bits per heavy atom. The van der Waals surface area contributed by atoms with Gasteiger partial charge >= 0.3 is 12.1 Å². The molecule has 338 valence electrons. The minimum absolute atomic E-state index is 0.0613. The Morgan fingerprint density at radius 3 is 1.81 bits per heavy atom. The molecule has 20 heteroatoms. The highest BCUT2D eigenvalue weighted by Crippen LogP contribution is 2.27. The van der Waals surface area contributed by atoms with Gasteiger partial charge in [0.2, 0.25) is 29.5 Å². The predicted octanol–water partition coefficient (Wildman–Crippen LogP) is 5.24. The first-order valence-electron chi connectivity index (χ1n) is 19.5. The number of nitrogens with zero attached hydrogens (tertiary/aromatic N) is 8. The molecule has 1 saturated heterocycles. The average molecular weight is 881 g/mol. The van der Waals surface area contributed by atoms with Gasteiger partial charge in [0, 0.05) is 51.6 Å². The van der Waals surface area contributed by atoms with Crippen molar-refractivity contribution >= 4 is 81.9 Å². The minimum atomic E-state index is -0.564. The second-order valence-corrected chi connectivity index (χ2v) is 14.7. The summed E-state index contributed by atoms with van der Waals surface area (Å²) in [4.78, 5) is 109. The zero-order valence-electron chi connectivity index (χ0n) is 38.0. The van der Waals surface area contributed by atoms with E-state index in [1.807, 2.05) is 38.1 Å². The smallest absolute Gasteiger partial charge is 0.332 e. The molecule has 3 N–H and O–H groups in total. The summed E-state index contributed by atoms with van der Waals surface area (Å²) in [7, 11) is 7.10. The lowest BCUT2D eigenvalue weighted by atomic mass is 10.0. The quantitative estimate of drug-likeness (QED) is 0.224. The molecule has 0 saturated carbocycles. The fourth-order valence-corrected chi connectivity index (χ4v) is 5.37. The van der Waals surface area contributed by atoms with E-state index in [9.17, 15) is 38.4 Å². The number of fused-ring (bicyclic) bond motifs is 1. The van der Waals surface area contributed by atoms with Crippen LogP contribution in [0.1, 0.15) is 93.3 Å². The predicted molar refractivity (Wildman–Crippen MR) is 239 cm³/mol. The number of aromatic nitrogens is 2. The molecule has 4 aliphatic heterocycles. The van der Waals surface area contributed by atoms with Crippen molar-refractivity contribution in [2.75, 3.05) is 41.1 Å². The standard InChI is InChI=1S/C9H9N3O.C8H11NO2.C7H8N2S.2C6H8N2O3.2C3H8/c10-8(13)5-9-11-6-3-1-2-4-7(6)12-9;1-5-4-7(10)9(3)8(11)6(5)2;1-5-4-10-7(9-5)6(2)8-3;1-8-5(10)3-4(9)7-6(8)11-2;1-7-4(9)3-5(10)8(2)6(7)11;2*1-3-2/h1-4H,5H2,(H2,10,13)(H,11,12);4H2,1-3H3;4H2,1-2H3;2*3H2,1-2H3;2*3H2,1-2H3/b;;7-6+;;;;. The monoisotopic (exact) mass is 880 g/mol. The number of likely N-dealkylation sites (N-methyl/N-ethyl adjacent to an activating group) is 1. The zero-order valence-corrected chi connectivity index (χ0v) is 38.8. The van der Waals surface area contributed by atoms with Crippen LogP contribution in [0, 0.1) is 6.57 Å². The van der Waals surface area contributed by atoms with Crippen molar-refractivity contribution in [1.82, 2.24) is 29.6 Å². The van der Waals surface area contributed by atoms with E-state index in [1.54, 1.807) is 25.6 Å². The highest BCUT2D eigenvalue weighted by atomic mass is 32.2. The summed E-state index contributed by atoms with van der Waals surface area (Å²) >= 11 is 1.65. The van der Waals surface area contributed by atoms with Crippen molar-refractivity contribution in [3.63, 3.8) is 0 Å². The molecule has 5 heterocycles. The number of aromatic amines is 1. The number of aliphatic imine (C=N–C) groups is 2. The van der Waals surface area contributed by atoms with Crippen LogP contribution in [-0.2, 0) is 44.7 Å². The normalized spacial score (nSPS) is 16.5. The van der Waals surface area contributed by atoms with Gasteiger partial charge in [-0.05, 0) is 39.8 Å². The van der Waals surface area contributed by atoms with Crippen LogP contribution in [0.15, 0.2) is 56.1 Å². The number of methoxy groups -OCH3 is 1. The number of ether oxygens (including phenoxy) is 1. The van der Waals surface area contributed by atoms with Crippen molar-refractivity contribution in [1.29, 1.82) is 0 Å². The number of carbonyl (C=O) groups excluding carboxylic acids is 8. The maximum atomic E-state index is 11.2. The fraction of sp³-hybridized carbons (Fsp3) is 0.476. The van der Waals surface area contributed by atoms with Crippen molar-refractivity contribution < 1.29 is 43.1 Å². The number of hydrogen-bond donors (Lipinski definition) is 2. The Balaban J connectivity index is 0.000000728. The van der Waals surface area contributed by atoms with Crippen molar-refractivity contribution in [3.8, 4) is 0 Å². The van der Waals surface area contributed by atoms with Crippen LogP contribution in [0.3, 0.4) is 0 Å². The SMILES string of the molecule is CC1=C(C)C(=O)N(C)C(=O)C1.CCC.CCC.CN1C(=O)CC(=O)N(C)C1=O.COC1=NC(=O)CC(=O)N1C.NC(=O)Cc1nc2ccccc2[nH]1.[C-]#[N+]/C(C)=C1\N=C(C)CS1. The Labute approximate surface area is 367 Å². The molecular formula is C42H60N10O9S. The lowest BCUT2D eigenvalue weighted by Crippen LogP contribution is -2.51. The van der Waals surface area contributed by atoms with E-state index in [1.165, 1.54) is 57.9 Å². The van der Waals surface area contributed by atoms with Gasteiger partial charge in [-0.2, -0.15) is 4.99 Å². The number of nitrogens with two attached hydrogens (primary N) is 1. The molecule has 1 aromatic carbocycles. The third-order valence-electron chi connectivity index (χ3n) is 8.01. The molecule has 0 radical (unpaired) electrons. The second kappa shape index (κ2) is 28.1. The van der Waals surface area contributed by atoms with Gasteiger partial charge in [-0.25, -0.2) is 14.6 Å². The fourth-order valence-electron chi connectivity index (χ4n) is 4.49. The highest BCUT2D eigenvalue weighted by Gasteiger charge is 2.32. The van der Waals surface area contributed by atoms with Crippen LogP contribution in [0.5, 0.6) is 0 Å². The molecule has 2 aromatic rings. The Kier molecular flexibility index (Phi) is 25.2. The number of urea groups is 1. The largest absolute Gasteiger partial charge is 0.468 e. The van der Waals surface area contributed by atoms with Gasteiger partial charge in [-0.1, -0.05) is 58.2 Å². The van der Waals surface area contributed by atoms with Gasteiger partial charge < -0.3 is 15.5 Å². The summed E-state index contributed by atoms with van der Waals surface area (Å²) in [5.74, 6) is -0.727. The maximum absolute atomic E-state index is 11.2. The third kappa shape index (κ3) is 18.4. The summed E-state index contributed by atoms with van der Waals surface area (Å²) < 4.78 is 4.68. The van der Waals surface area contributed by atoms with E-state index < -0.39 is 23.8 Å². The lowest BCUT2D eigenvalue weighted by Gasteiger charge is -2.26. The van der Waals surface area contributed by atoms with Gasteiger partial charge in [0.15, 0.2) is 5.70 Å². The maximum Gasteiger partial charge on any atom is 0.332 e. The van der Waals surface area contributed by atoms with Gasteiger partial charge in [0.05, 0.1) is 36.2 Å². The number of thioether (sulfide) groups is 1. The number of H-pyrrole nitrogens is 1. The van der Waals surface area contributed by atoms with E-state index in [0.29, 0.717) is 23.5 Å². The molecular weight excluding hydrogens is 821 g/mol. The average Bonchev–Trinajstić information content (AvgIpc) is 3.85. The minimum Gasteiger partial charge on any atom is -0.468 e. The molecule has 4 aliphatic rings. The number of barbiturate groups is 1. The van der Waals surface area contributed by atoms with E-state index >= 15 is 0 Å². The molecule has 1 aromatic heterocycles. The number of imidazole rings is 1. The van der Waals surface area contributed by atoms with E-state index in [-0.39, 0.29) is 48.9 Å². The zero-order chi connectivity index (χ0) is 47.9.